The van der Waals surface area contributed by atoms with Crippen molar-refractivity contribution in [2.45, 2.75) is 103 Å². The summed E-state index contributed by atoms with van der Waals surface area (Å²) in [6.45, 7) is 14.1. The van der Waals surface area contributed by atoms with Crippen molar-refractivity contribution >= 4 is 24.2 Å². The first kappa shape index (κ1) is 22.0. The maximum absolute atomic E-state index is 13.7. The van der Waals surface area contributed by atoms with Crippen LogP contribution in [0, 0.1) is 0 Å². The number of hydrogen-bond acceptors (Lipinski definition) is 3. The average Bonchev–Trinajstić information content (AvgIpc) is 2.74. The Morgan fingerprint density at radius 1 is 1.07 bits per heavy atom. The van der Waals surface area contributed by atoms with Gasteiger partial charge < -0.3 is 9.31 Å². The topological polar surface area (TPSA) is 31.4 Å². The van der Waals surface area contributed by atoms with Crippen LogP contribution in [0.4, 0.5) is 8.78 Å². The molecule has 1 saturated carbocycles. The van der Waals surface area contributed by atoms with Crippen LogP contribution in [0.5, 0.6) is 0 Å². The summed E-state index contributed by atoms with van der Waals surface area (Å²) in [5.74, 6) is -2.63. The zero-order valence-electron chi connectivity index (χ0n) is 18.0. The van der Waals surface area contributed by atoms with Crippen molar-refractivity contribution in [2.75, 3.05) is 0 Å². The summed E-state index contributed by atoms with van der Waals surface area (Å²) in [6.07, 6.45) is 0.570. The summed E-state index contributed by atoms with van der Waals surface area (Å²) in [5.41, 5.74) is 1.10. The molecule has 0 N–H and O–H groups in total. The molecule has 28 heavy (non-hydrogen) atoms. The van der Waals surface area contributed by atoms with E-state index in [-0.39, 0.29) is 24.2 Å². The molecule has 3 rings (SSSR count). The third kappa shape index (κ3) is 4.10. The molecule has 3 nitrogen and oxygen atoms in total. The monoisotopic (exact) mass is 413 g/mol. The van der Waals surface area contributed by atoms with E-state index in [4.69, 9.17) is 25.9 Å². The number of nitrogens with zero attached hydrogens (tertiary/aromatic N) is 1. The Labute approximate surface area is 172 Å². The van der Waals surface area contributed by atoms with E-state index < -0.39 is 24.2 Å². The molecule has 7 heteroatoms. The van der Waals surface area contributed by atoms with Gasteiger partial charge in [0.1, 0.15) is 0 Å². The van der Waals surface area contributed by atoms with E-state index >= 15 is 0 Å². The summed E-state index contributed by atoms with van der Waals surface area (Å²) in [5, 5.41) is 0.558. The van der Waals surface area contributed by atoms with Crippen LogP contribution in [0.2, 0.25) is 5.02 Å². The molecule has 2 aliphatic rings. The van der Waals surface area contributed by atoms with Crippen molar-refractivity contribution < 1.29 is 18.1 Å². The van der Waals surface area contributed by atoms with Crippen LogP contribution in [-0.4, -0.2) is 29.2 Å². The Bertz CT molecular complexity index is 736. The fraction of sp³-hybridized carbons (Fsp3) is 0.762. The first-order valence-corrected chi connectivity index (χ1v) is 10.5. The summed E-state index contributed by atoms with van der Waals surface area (Å²) in [7, 11) is -0.610. The van der Waals surface area contributed by atoms with Crippen LogP contribution in [-0.2, 0) is 14.7 Å². The lowest BCUT2D eigenvalue weighted by atomic mass is 9.71. The van der Waals surface area contributed by atoms with Crippen molar-refractivity contribution in [1.29, 1.82) is 0 Å². The van der Waals surface area contributed by atoms with Crippen molar-refractivity contribution in [3.05, 3.63) is 22.5 Å². The zero-order chi connectivity index (χ0) is 21.1. The normalized spacial score (nSPS) is 24.6. The molecule has 0 spiro atoms. The van der Waals surface area contributed by atoms with E-state index in [1.54, 1.807) is 0 Å². The third-order valence-corrected chi connectivity index (χ3v) is 6.65. The number of rotatable bonds is 2. The van der Waals surface area contributed by atoms with Crippen LogP contribution in [0.1, 0.15) is 91.5 Å². The van der Waals surface area contributed by atoms with Crippen LogP contribution in [0.3, 0.4) is 0 Å². The first-order chi connectivity index (χ1) is 12.6. The smallest absolute Gasteiger partial charge is 0.399 e. The van der Waals surface area contributed by atoms with Gasteiger partial charge >= 0.3 is 7.12 Å². The molecule has 0 amide bonds. The molecule has 0 radical (unpaired) electrons. The van der Waals surface area contributed by atoms with Crippen LogP contribution in [0.25, 0.3) is 0 Å². The maximum atomic E-state index is 13.7. The number of pyridine rings is 1. The molecule has 1 aromatic heterocycles. The quantitative estimate of drug-likeness (QED) is 0.589. The molecule has 156 valence electrons. The minimum absolute atomic E-state index is 0.0491. The van der Waals surface area contributed by atoms with E-state index in [0.717, 1.165) is 16.9 Å². The lowest BCUT2D eigenvalue weighted by molar-refractivity contribution is -0.0384. The third-order valence-electron chi connectivity index (χ3n) is 6.36. The molecule has 1 aromatic rings. The van der Waals surface area contributed by atoms with Crippen molar-refractivity contribution in [3.8, 4) is 0 Å². The largest absolute Gasteiger partial charge is 0.496 e. The molecule has 0 atom stereocenters. The Morgan fingerprint density at radius 3 is 2.04 bits per heavy atom. The van der Waals surface area contributed by atoms with Crippen molar-refractivity contribution in [3.63, 3.8) is 0 Å². The summed E-state index contributed by atoms with van der Waals surface area (Å²) in [4.78, 5) is 4.92. The molecule has 1 saturated heterocycles. The molecule has 1 aliphatic carbocycles. The standard InChI is InChI=1S/C21H31BClF2NO2/c1-18(2,3)17-15(23)12-14(22-27-19(4,5)20(6,7)28-22)16(26-17)13-8-10-21(24,25)11-9-13/h12-13H,8-11H2,1-7H3. The molecule has 0 bridgehead atoms. The van der Waals surface area contributed by atoms with Crippen molar-refractivity contribution in [2.24, 2.45) is 0 Å². The molecule has 2 heterocycles. The zero-order valence-corrected chi connectivity index (χ0v) is 18.7. The summed E-state index contributed by atoms with van der Waals surface area (Å²) < 4.78 is 39.9. The van der Waals surface area contributed by atoms with Gasteiger partial charge in [-0.1, -0.05) is 32.4 Å². The van der Waals surface area contributed by atoms with Crippen LogP contribution >= 0.6 is 11.6 Å². The van der Waals surface area contributed by atoms with Gasteiger partial charge in [0.2, 0.25) is 5.92 Å². The number of alkyl halides is 2. The molecular weight excluding hydrogens is 382 g/mol. The lowest BCUT2D eigenvalue weighted by Gasteiger charge is -2.32. The fourth-order valence-electron chi connectivity index (χ4n) is 3.84. The van der Waals surface area contributed by atoms with Gasteiger partial charge in [0.15, 0.2) is 0 Å². The second-order valence-electron chi connectivity index (χ2n) is 10.3. The highest BCUT2D eigenvalue weighted by atomic mass is 35.5. The molecular formula is C21H31BClF2NO2. The highest BCUT2D eigenvalue weighted by Gasteiger charge is 2.53. The number of hydrogen-bond donors (Lipinski definition) is 0. The maximum Gasteiger partial charge on any atom is 0.496 e. The second kappa shape index (κ2) is 6.92. The fourth-order valence-corrected chi connectivity index (χ4v) is 4.29. The molecule has 0 unspecified atom stereocenters. The van der Waals surface area contributed by atoms with Gasteiger partial charge in [-0.2, -0.15) is 0 Å². The first-order valence-electron chi connectivity index (χ1n) is 10.1. The Kier molecular flexibility index (Phi) is 5.43. The lowest BCUT2D eigenvalue weighted by Crippen LogP contribution is -2.41. The predicted molar refractivity (Wildman–Crippen MR) is 110 cm³/mol. The van der Waals surface area contributed by atoms with Gasteiger partial charge in [-0.25, -0.2) is 8.78 Å². The van der Waals surface area contributed by atoms with Crippen LogP contribution < -0.4 is 5.46 Å². The summed E-state index contributed by atoms with van der Waals surface area (Å²) in [6, 6.07) is 1.87. The van der Waals surface area contributed by atoms with E-state index in [9.17, 15) is 8.78 Å². The van der Waals surface area contributed by atoms with Crippen LogP contribution in [0.15, 0.2) is 6.07 Å². The predicted octanol–water partition coefficient (Wildman–Crippen LogP) is 5.62. The Balaban J connectivity index is 2.05. The Morgan fingerprint density at radius 2 is 1.57 bits per heavy atom. The summed E-state index contributed by atoms with van der Waals surface area (Å²) >= 11 is 6.60. The minimum atomic E-state index is -2.58. The molecule has 2 fully saturated rings. The van der Waals surface area contributed by atoms with Gasteiger partial charge in [0, 0.05) is 35.3 Å². The number of aromatic nitrogens is 1. The van der Waals surface area contributed by atoms with Gasteiger partial charge in [-0.05, 0) is 46.6 Å². The average molecular weight is 414 g/mol. The van der Waals surface area contributed by atoms with E-state index in [1.165, 1.54) is 0 Å². The van der Waals surface area contributed by atoms with E-state index in [0.29, 0.717) is 17.9 Å². The van der Waals surface area contributed by atoms with Crippen molar-refractivity contribution in [1.82, 2.24) is 4.98 Å². The Hall–Kier alpha value is -0.715. The van der Waals surface area contributed by atoms with E-state index in [2.05, 4.69) is 20.8 Å². The molecule has 1 aliphatic heterocycles. The minimum Gasteiger partial charge on any atom is -0.399 e. The van der Waals surface area contributed by atoms with E-state index in [1.807, 2.05) is 33.8 Å². The van der Waals surface area contributed by atoms with Gasteiger partial charge in [-0.3, -0.25) is 4.98 Å². The molecule has 0 aromatic carbocycles. The van der Waals surface area contributed by atoms with Gasteiger partial charge in [0.05, 0.1) is 21.9 Å². The van der Waals surface area contributed by atoms with Gasteiger partial charge in [-0.15, -0.1) is 0 Å². The highest BCUT2D eigenvalue weighted by molar-refractivity contribution is 6.63. The number of halogens is 3. The SMILES string of the molecule is CC(C)(C)c1nc(C2CCC(F)(F)CC2)c(B2OC(C)(C)C(C)(C)O2)cc1Cl. The van der Waals surface area contributed by atoms with Gasteiger partial charge in [0.25, 0.3) is 0 Å². The second-order valence-corrected chi connectivity index (χ2v) is 10.7. The highest BCUT2D eigenvalue weighted by Crippen LogP contribution is 2.42.